The van der Waals surface area contributed by atoms with Crippen molar-refractivity contribution in [2.45, 2.75) is 65.7 Å². The Morgan fingerprint density at radius 3 is 2.62 bits per heavy atom. The van der Waals surface area contributed by atoms with Crippen LogP contribution in [0.4, 0.5) is 4.39 Å². The molecule has 3 aliphatic rings. The van der Waals surface area contributed by atoms with E-state index < -0.39 is 12.1 Å². The first kappa shape index (κ1) is 31.1. The lowest BCUT2D eigenvalue weighted by atomic mass is 9.85. The standard InChI is InChI=1S/C22H17FN2O4.C6H16N4O.C2H6/c1-9-10-3-2-4-11-13-7-25-17(19(13)24-16(18(10)11)6-15(9)23)5-12-14(21(25)27)8-29-22(28)20(12)26;7-2-1-6(8)5-10(9)3-4-11;1-2/h5-6,20,26H,2-4,7-8H2,1H3;5,11H,1-4,7-9H2;1-2H3/b;6-5-;. The van der Waals surface area contributed by atoms with E-state index in [0.717, 1.165) is 41.3 Å². The number of esters is 1. The Hall–Kier alpha value is -3.84. The summed E-state index contributed by atoms with van der Waals surface area (Å²) < 4.78 is 21.1. The maximum atomic E-state index is 14.5. The van der Waals surface area contributed by atoms with Gasteiger partial charge in [-0.15, -0.1) is 0 Å². The lowest BCUT2D eigenvalue weighted by Gasteiger charge is -2.22. The van der Waals surface area contributed by atoms with Gasteiger partial charge in [0.2, 0.25) is 0 Å². The minimum atomic E-state index is -1.48. The highest BCUT2D eigenvalue weighted by Crippen LogP contribution is 2.41. The molecular formula is C30H39FN6O5. The molecule has 8 N–H and O–H groups in total. The van der Waals surface area contributed by atoms with Gasteiger partial charge in [0.15, 0.2) is 6.10 Å². The zero-order chi connectivity index (χ0) is 30.7. The molecule has 2 aliphatic heterocycles. The number of hydrogen-bond donors (Lipinski definition) is 5. The van der Waals surface area contributed by atoms with Crippen LogP contribution in [0, 0.1) is 12.7 Å². The largest absolute Gasteiger partial charge is 0.458 e. The van der Waals surface area contributed by atoms with Crippen LogP contribution in [0.5, 0.6) is 0 Å². The van der Waals surface area contributed by atoms with E-state index in [9.17, 15) is 19.1 Å². The predicted octanol–water partition coefficient (Wildman–Crippen LogP) is 1.78. The lowest BCUT2D eigenvalue weighted by Crippen LogP contribution is -2.32. The number of hydrazine groups is 1. The van der Waals surface area contributed by atoms with Crippen molar-refractivity contribution >= 4 is 16.9 Å². The molecular weight excluding hydrogens is 543 g/mol. The number of hydrogen-bond acceptors (Lipinski definition) is 10. The van der Waals surface area contributed by atoms with Crippen LogP contribution < -0.4 is 22.9 Å². The maximum absolute atomic E-state index is 14.5. The van der Waals surface area contributed by atoms with E-state index >= 15 is 0 Å². The maximum Gasteiger partial charge on any atom is 0.340 e. The molecule has 42 heavy (non-hydrogen) atoms. The molecule has 1 aliphatic carbocycles. The number of pyridine rings is 2. The minimum absolute atomic E-state index is 0.0168. The lowest BCUT2D eigenvalue weighted by molar-refractivity contribution is -0.157. The molecule has 4 heterocycles. The average molecular weight is 583 g/mol. The van der Waals surface area contributed by atoms with Crippen molar-refractivity contribution in [2.75, 3.05) is 19.7 Å². The fourth-order valence-corrected chi connectivity index (χ4v) is 5.69. The van der Waals surface area contributed by atoms with Gasteiger partial charge in [-0.3, -0.25) is 4.79 Å². The van der Waals surface area contributed by atoms with Gasteiger partial charge in [-0.25, -0.2) is 20.0 Å². The molecule has 1 atom stereocenters. The van der Waals surface area contributed by atoms with Gasteiger partial charge >= 0.3 is 5.97 Å². The third-order valence-electron chi connectivity index (χ3n) is 7.66. The molecule has 1 unspecified atom stereocenters. The topological polar surface area (TPSA) is 183 Å². The minimum Gasteiger partial charge on any atom is -0.458 e. The molecule has 12 heteroatoms. The summed E-state index contributed by atoms with van der Waals surface area (Å²) in [5.74, 6) is 4.36. The zero-order valence-electron chi connectivity index (χ0n) is 24.2. The van der Waals surface area contributed by atoms with Gasteiger partial charge in [-0.05, 0) is 55.5 Å². The van der Waals surface area contributed by atoms with Crippen LogP contribution >= 0.6 is 0 Å². The van der Waals surface area contributed by atoms with Crippen LogP contribution in [0.2, 0.25) is 0 Å². The molecule has 0 saturated heterocycles. The van der Waals surface area contributed by atoms with Gasteiger partial charge < -0.3 is 36.0 Å². The third-order valence-corrected chi connectivity index (χ3v) is 7.66. The second kappa shape index (κ2) is 13.0. The van der Waals surface area contributed by atoms with Crippen molar-refractivity contribution in [3.05, 3.63) is 73.6 Å². The molecule has 0 radical (unpaired) electrons. The first-order chi connectivity index (χ1) is 20.2. The van der Waals surface area contributed by atoms with Gasteiger partial charge in [-0.2, -0.15) is 0 Å². The van der Waals surface area contributed by atoms with E-state index in [1.165, 1.54) is 11.1 Å². The van der Waals surface area contributed by atoms with Crippen molar-refractivity contribution in [3.63, 3.8) is 0 Å². The third kappa shape index (κ3) is 5.62. The quantitative estimate of drug-likeness (QED) is 0.132. The van der Waals surface area contributed by atoms with E-state index in [2.05, 4.69) is 0 Å². The Morgan fingerprint density at radius 1 is 1.21 bits per heavy atom. The number of rotatable bonds is 5. The summed E-state index contributed by atoms with van der Waals surface area (Å²) in [5.41, 5.74) is 17.2. The summed E-state index contributed by atoms with van der Waals surface area (Å²) in [7, 11) is 0. The second-order valence-electron chi connectivity index (χ2n) is 10.2. The number of aliphatic hydroxyl groups is 2. The van der Waals surface area contributed by atoms with Crippen LogP contribution in [-0.2, 0) is 35.5 Å². The van der Waals surface area contributed by atoms with Crippen LogP contribution in [-0.4, -0.2) is 50.4 Å². The first-order valence-electron chi connectivity index (χ1n) is 14.2. The smallest absolute Gasteiger partial charge is 0.340 e. The van der Waals surface area contributed by atoms with E-state index in [-0.39, 0.29) is 30.2 Å². The molecule has 226 valence electrons. The van der Waals surface area contributed by atoms with Gasteiger partial charge in [0, 0.05) is 40.9 Å². The van der Waals surface area contributed by atoms with Crippen LogP contribution in [0.25, 0.3) is 22.3 Å². The van der Waals surface area contributed by atoms with Gasteiger partial charge in [0.1, 0.15) is 12.4 Å². The summed E-state index contributed by atoms with van der Waals surface area (Å²) in [6.07, 6.45) is 3.31. The molecule has 2 aromatic heterocycles. The number of nitrogens with zero attached hydrogens (tertiary/aromatic N) is 3. The van der Waals surface area contributed by atoms with Crippen molar-refractivity contribution in [1.82, 2.24) is 14.6 Å². The first-order valence-corrected chi connectivity index (χ1v) is 14.2. The number of benzene rings is 1. The number of halogens is 1. The zero-order valence-corrected chi connectivity index (χ0v) is 24.2. The highest BCUT2D eigenvalue weighted by Gasteiger charge is 2.35. The van der Waals surface area contributed by atoms with Gasteiger partial charge in [0.25, 0.3) is 5.56 Å². The Labute approximate surface area is 243 Å². The van der Waals surface area contributed by atoms with Crippen molar-refractivity contribution in [1.29, 1.82) is 0 Å². The van der Waals surface area contributed by atoms with Crippen LogP contribution in [0.3, 0.4) is 0 Å². The number of carbonyl (C=O) groups excluding carboxylic acids is 1. The molecule has 0 fully saturated rings. The molecule has 0 saturated carbocycles. The van der Waals surface area contributed by atoms with E-state index in [1.807, 2.05) is 13.8 Å². The number of fused-ring (bicyclic) bond motifs is 5. The highest BCUT2D eigenvalue weighted by atomic mass is 19.1. The van der Waals surface area contributed by atoms with Crippen molar-refractivity contribution in [3.8, 4) is 11.4 Å². The van der Waals surface area contributed by atoms with Crippen molar-refractivity contribution < 1.29 is 24.1 Å². The Morgan fingerprint density at radius 2 is 1.93 bits per heavy atom. The van der Waals surface area contributed by atoms with Crippen LogP contribution in [0.15, 0.2) is 28.8 Å². The van der Waals surface area contributed by atoms with Crippen molar-refractivity contribution in [2.24, 2.45) is 17.3 Å². The number of aromatic nitrogens is 2. The summed E-state index contributed by atoms with van der Waals surface area (Å²) >= 11 is 0. The number of ether oxygens (including phenoxy) is 1. The Bertz CT molecular complexity index is 1600. The summed E-state index contributed by atoms with van der Waals surface area (Å²) in [6, 6.07) is 3.13. The Kier molecular flexibility index (Phi) is 9.62. The molecule has 6 rings (SSSR count). The molecule has 0 amide bonds. The molecule has 1 aromatic carbocycles. The summed E-state index contributed by atoms with van der Waals surface area (Å²) in [5, 5.41) is 21.0. The number of nitrogens with two attached hydrogens (primary N) is 3. The molecule has 3 aromatic rings. The van der Waals surface area contributed by atoms with Gasteiger partial charge in [0.05, 0.1) is 42.2 Å². The predicted molar refractivity (Wildman–Crippen MR) is 157 cm³/mol. The number of aryl methyl sites for hydroxylation is 2. The average Bonchev–Trinajstić information content (AvgIpc) is 3.34. The fraction of sp³-hybridized carbons (Fsp3) is 0.433. The van der Waals surface area contributed by atoms with E-state index in [0.29, 0.717) is 59.8 Å². The number of cyclic esters (lactones) is 1. The molecule has 11 nitrogen and oxygen atoms in total. The number of carbonyl (C=O) groups is 1. The SMILES string of the molecule is CC.Cc1c(F)cc2nc3c(c4c2c1CCC4)Cn1c-3cc2c(c1=O)COC(=O)C2O.NCC/C(N)=C/N(N)CCO. The number of aliphatic hydroxyl groups excluding tert-OH is 2. The van der Waals surface area contributed by atoms with E-state index in [1.54, 1.807) is 23.8 Å². The highest BCUT2D eigenvalue weighted by molar-refractivity contribution is 5.92. The second-order valence-corrected chi connectivity index (χ2v) is 10.2. The fourth-order valence-electron chi connectivity index (χ4n) is 5.69. The normalized spacial score (nSPS) is 16.3. The van der Waals surface area contributed by atoms with Crippen LogP contribution in [0.1, 0.15) is 66.2 Å². The Balaban J connectivity index is 0.000000267. The molecule has 0 bridgehead atoms. The van der Waals surface area contributed by atoms with Gasteiger partial charge in [-0.1, -0.05) is 13.8 Å². The summed E-state index contributed by atoms with van der Waals surface area (Å²) in [4.78, 5) is 29.6. The van der Waals surface area contributed by atoms with E-state index in [4.69, 9.17) is 32.1 Å². The molecule has 0 spiro atoms. The monoisotopic (exact) mass is 582 g/mol. The summed E-state index contributed by atoms with van der Waals surface area (Å²) in [6.45, 7) is 6.95.